The average molecular weight is 455 g/mol. The van der Waals surface area contributed by atoms with E-state index in [4.69, 9.17) is 14.2 Å². The van der Waals surface area contributed by atoms with Crippen molar-refractivity contribution in [2.45, 2.75) is 18.9 Å². The molecule has 32 heavy (non-hydrogen) atoms. The summed E-state index contributed by atoms with van der Waals surface area (Å²) in [4.78, 5) is 40.3. The molecular formula is C23H22N2O6S. The van der Waals surface area contributed by atoms with Crippen LogP contribution in [0.4, 0.5) is 11.5 Å². The van der Waals surface area contributed by atoms with Crippen molar-refractivity contribution in [3.8, 4) is 11.5 Å². The van der Waals surface area contributed by atoms with Crippen LogP contribution < -0.4 is 19.2 Å². The minimum atomic E-state index is -0.575. The van der Waals surface area contributed by atoms with Gasteiger partial charge in [0, 0.05) is 18.4 Å². The lowest BCUT2D eigenvalue weighted by Gasteiger charge is -2.32. The second-order valence-corrected chi connectivity index (χ2v) is 8.18. The maximum absolute atomic E-state index is 13.4. The molecule has 8 nitrogen and oxygen atoms in total. The van der Waals surface area contributed by atoms with Gasteiger partial charge in [-0.15, -0.1) is 0 Å². The molecule has 1 atom stereocenters. The summed E-state index contributed by atoms with van der Waals surface area (Å²) in [5, 5.41) is 0. The van der Waals surface area contributed by atoms with Crippen LogP contribution >= 0.6 is 11.3 Å². The van der Waals surface area contributed by atoms with Crippen molar-refractivity contribution < 1.29 is 23.8 Å². The number of rotatable bonds is 6. The molecule has 1 aromatic heterocycles. The Morgan fingerprint density at radius 3 is 2.41 bits per heavy atom. The first-order valence-corrected chi connectivity index (χ1v) is 10.7. The zero-order valence-electron chi connectivity index (χ0n) is 17.9. The van der Waals surface area contributed by atoms with E-state index in [1.807, 2.05) is 24.3 Å². The zero-order chi connectivity index (χ0) is 22.8. The summed E-state index contributed by atoms with van der Waals surface area (Å²) in [6, 6.07) is 14.5. The van der Waals surface area contributed by atoms with Gasteiger partial charge in [-0.2, -0.15) is 0 Å². The molecule has 1 aliphatic rings. The van der Waals surface area contributed by atoms with Gasteiger partial charge >= 0.3 is 10.8 Å². The minimum Gasteiger partial charge on any atom is -0.497 e. The standard InChI is InChI=1S/C23H22N2O6S/c1-29-16-8-4-6-14(10-16)18-12-19(26)25(15-7-5-9-17(11-15)30-2)22-21(18)32-23(28)24(22)13-20(27)31-3/h4-11,18H,12-13H2,1-3H3/t18-/m1/s1. The number of aromatic nitrogens is 1. The molecule has 9 heteroatoms. The van der Waals surface area contributed by atoms with Gasteiger partial charge < -0.3 is 14.2 Å². The van der Waals surface area contributed by atoms with E-state index < -0.39 is 5.97 Å². The van der Waals surface area contributed by atoms with E-state index in [0.29, 0.717) is 27.9 Å². The Balaban J connectivity index is 1.92. The molecule has 0 aliphatic carbocycles. The molecule has 1 amide bonds. The summed E-state index contributed by atoms with van der Waals surface area (Å²) < 4.78 is 16.7. The first-order chi connectivity index (χ1) is 15.5. The summed E-state index contributed by atoms with van der Waals surface area (Å²) in [6.45, 7) is -0.292. The number of methoxy groups -OCH3 is 3. The highest BCUT2D eigenvalue weighted by Gasteiger charge is 2.38. The molecule has 0 N–H and O–H groups in total. The molecule has 0 spiro atoms. The highest BCUT2D eigenvalue weighted by atomic mass is 32.1. The van der Waals surface area contributed by atoms with Crippen molar-refractivity contribution in [1.29, 1.82) is 0 Å². The number of hydrogen-bond donors (Lipinski definition) is 0. The van der Waals surface area contributed by atoms with Gasteiger partial charge in [0.25, 0.3) is 0 Å². The van der Waals surface area contributed by atoms with Gasteiger partial charge in [-0.25, -0.2) is 0 Å². The number of esters is 1. The van der Waals surface area contributed by atoms with Gasteiger partial charge in [0.05, 0.1) is 31.9 Å². The van der Waals surface area contributed by atoms with E-state index >= 15 is 0 Å². The Hall–Kier alpha value is -3.59. The molecule has 1 aliphatic heterocycles. The maximum atomic E-state index is 13.4. The second kappa shape index (κ2) is 8.88. The van der Waals surface area contributed by atoms with Gasteiger partial charge in [0.15, 0.2) is 0 Å². The molecule has 0 saturated heterocycles. The summed E-state index contributed by atoms with van der Waals surface area (Å²) in [7, 11) is 4.38. The fourth-order valence-corrected chi connectivity index (χ4v) is 4.93. The van der Waals surface area contributed by atoms with Crippen LogP contribution in [0.15, 0.2) is 53.3 Å². The zero-order valence-corrected chi connectivity index (χ0v) is 18.7. The van der Waals surface area contributed by atoms with Crippen LogP contribution in [-0.4, -0.2) is 37.8 Å². The van der Waals surface area contributed by atoms with Crippen molar-refractivity contribution in [2.75, 3.05) is 26.2 Å². The monoisotopic (exact) mass is 454 g/mol. The third-order valence-electron chi connectivity index (χ3n) is 5.37. The number of nitrogens with zero attached hydrogens (tertiary/aromatic N) is 2. The quantitative estimate of drug-likeness (QED) is 0.531. The third-order valence-corrected chi connectivity index (χ3v) is 6.45. The maximum Gasteiger partial charge on any atom is 0.325 e. The normalized spacial score (nSPS) is 15.3. The molecule has 0 bridgehead atoms. The molecule has 0 unspecified atom stereocenters. The highest BCUT2D eigenvalue weighted by Crippen LogP contribution is 2.45. The second-order valence-electron chi connectivity index (χ2n) is 7.18. The van der Waals surface area contributed by atoms with Crippen LogP contribution in [0.1, 0.15) is 22.8 Å². The van der Waals surface area contributed by atoms with E-state index in [2.05, 4.69) is 0 Å². The number of ether oxygens (including phenoxy) is 3. The molecular weight excluding hydrogens is 432 g/mol. The van der Waals surface area contributed by atoms with E-state index in [0.717, 1.165) is 16.9 Å². The summed E-state index contributed by atoms with van der Waals surface area (Å²) >= 11 is 1.03. The predicted molar refractivity (Wildman–Crippen MR) is 120 cm³/mol. The van der Waals surface area contributed by atoms with Gasteiger partial charge in [0.1, 0.15) is 23.9 Å². The Morgan fingerprint density at radius 1 is 1.03 bits per heavy atom. The molecule has 0 saturated carbocycles. The molecule has 0 fully saturated rings. The lowest BCUT2D eigenvalue weighted by molar-refractivity contribution is -0.141. The first-order valence-electron chi connectivity index (χ1n) is 9.88. The summed E-state index contributed by atoms with van der Waals surface area (Å²) in [5.74, 6) is 0.495. The number of carbonyl (C=O) groups excluding carboxylic acids is 2. The Labute approximate surface area is 188 Å². The number of anilines is 2. The SMILES string of the molecule is COC(=O)Cn1c2c(sc1=O)[C@@H](c1cccc(OC)c1)CC(=O)N2c1cccc(OC)c1. The summed E-state index contributed by atoms with van der Waals surface area (Å²) in [6.07, 6.45) is 0.162. The van der Waals surface area contributed by atoms with Crippen LogP contribution in [-0.2, 0) is 20.9 Å². The van der Waals surface area contributed by atoms with Crippen molar-refractivity contribution in [3.63, 3.8) is 0 Å². The fraction of sp³-hybridized carbons (Fsp3) is 0.261. The third kappa shape index (κ3) is 3.87. The fourth-order valence-electron chi connectivity index (χ4n) is 3.83. The molecule has 2 aromatic carbocycles. The van der Waals surface area contributed by atoms with E-state index in [1.165, 1.54) is 16.6 Å². The predicted octanol–water partition coefficient (Wildman–Crippen LogP) is 3.30. The molecule has 0 radical (unpaired) electrons. The average Bonchev–Trinajstić information content (AvgIpc) is 3.13. The van der Waals surface area contributed by atoms with Crippen molar-refractivity contribution in [3.05, 3.63) is 68.6 Å². The number of fused-ring (bicyclic) bond motifs is 1. The number of benzene rings is 2. The Kier molecular flexibility index (Phi) is 6.00. The lowest BCUT2D eigenvalue weighted by Crippen LogP contribution is -2.36. The minimum absolute atomic E-state index is 0.162. The van der Waals surface area contributed by atoms with Gasteiger partial charge in [0.2, 0.25) is 5.91 Å². The van der Waals surface area contributed by atoms with Crippen molar-refractivity contribution in [2.24, 2.45) is 0 Å². The van der Waals surface area contributed by atoms with E-state index in [1.54, 1.807) is 38.5 Å². The largest absolute Gasteiger partial charge is 0.497 e. The van der Waals surface area contributed by atoms with E-state index in [9.17, 15) is 14.4 Å². The van der Waals surface area contributed by atoms with Crippen molar-refractivity contribution in [1.82, 2.24) is 4.57 Å². The van der Waals surface area contributed by atoms with Crippen LogP contribution in [0.25, 0.3) is 0 Å². The Morgan fingerprint density at radius 2 is 1.72 bits per heavy atom. The molecule has 2 heterocycles. The molecule has 3 aromatic rings. The highest BCUT2D eigenvalue weighted by molar-refractivity contribution is 7.10. The first kappa shape index (κ1) is 21.6. The van der Waals surface area contributed by atoms with Crippen molar-refractivity contribution >= 4 is 34.7 Å². The smallest absolute Gasteiger partial charge is 0.325 e. The number of carbonyl (C=O) groups is 2. The van der Waals surface area contributed by atoms with Crippen LogP contribution in [0, 0.1) is 0 Å². The van der Waals surface area contributed by atoms with Crippen LogP contribution in [0.3, 0.4) is 0 Å². The van der Waals surface area contributed by atoms with Gasteiger partial charge in [-0.05, 0) is 29.8 Å². The molecule has 166 valence electrons. The number of hydrogen-bond acceptors (Lipinski definition) is 7. The lowest BCUT2D eigenvalue weighted by atomic mass is 9.90. The number of thiazole rings is 1. The topological polar surface area (TPSA) is 87.1 Å². The van der Waals surface area contributed by atoms with Crippen LogP contribution in [0.2, 0.25) is 0 Å². The number of amides is 1. The molecule has 4 rings (SSSR count). The van der Waals surface area contributed by atoms with Gasteiger partial charge in [-0.1, -0.05) is 29.5 Å². The van der Waals surface area contributed by atoms with Crippen LogP contribution in [0.5, 0.6) is 11.5 Å². The van der Waals surface area contributed by atoms with E-state index in [-0.39, 0.29) is 29.7 Å². The summed E-state index contributed by atoms with van der Waals surface area (Å²) in [5.41, 5.74) is 1.41. The Bertz CT molecular complexity index is 1230. The van der Waals surface area contributed by atoms with Gasteiger partial charge in [-0.3, -0.25) is 23.9 Å².